The molecule has 5 rings (SSSR count). The van der Waals surface area contributed by atoms with Crippen LogP contribution >= 0.6 is 11.8 Å². The molecule has 1 fully saturated rings. The van der Waals surface area contributed by atoms with Crippen molar-refractivity contribution < 1.29 is 9.15 Å². The van der Waals surface area contributed by atoms with Crippen LogP contribution in [-0.2, 0) is 17.0 Å². The molecule has 0 bridgehead atoms. The first-order chi connectivity index (χ1) is 15.8. The molecular weight excluding hydrogens is 422 g/mol. The number of nitrogens with zero attached hydrogens (tertiary/aromatic N) is 5. The monoisotopic (exact) mass is 447 g/mol. The molecule has 0 amide bonds. The average molecular weight is 448 g/mol. The van der Waals surface area contributed by atoms with E-state index < -0.39 is 0 Å². The third-order valence-corrected chi connectivity index (χ3v) is 6.37. The lowest BCUT2D eigenvalue weighted by molar-refractivity contribution is 0.121. The largest absolute Gasteiger partial charge is 0.444 e. The summed E-state index contributed by atoms with van der Waals surface area (Å²) in [4.78, 5) is 6.91. The van der Waals surface area contributed by atoms with Crippen molar-refractivity contribution in [2.45, 2.75) is 24.4 Å². The zero-order valence-electron chi connectivity index (χ0n) is 18.0. The third kappa shape index (κ3) is 4.71. The summed E-state index contributed by atoms with van der Waals surface area (Å²) >= 11 is 1.62. The SMILES string of the molecule is Cc1ccc(-c2nc(CSc3nnc(N4CCOCC4)n3Cc3ccccc3)co2)cc1. The minimum absolute atomic E-state index is 0.639. The smallest absolute Gasteiger partial charge is 0.228 e. The normalized spacial score (nSPS) is 14.1. The number of morpholine rings is 1. The molecule has 1 aliphatic rings. The lowest BCUT2D eigenvalue weighted by Gasteiger charge is -2.28. The number of rotatable bonds is 7. The summed E-state index contributed by atoms with van der Waals surface area (Å²) in [7, 11) is 0. The lowest BCUT2D eigenvalue weighted by atomic mass is 10.1. The van der Waals surface area contributed by atoms with E-state index in [-0.39, 0.29) is 0 Å². The van der Waals surface area contributed by atoms with Crippen LogP contribution in [0.15, 0.2) is 70.4 Å². The van der Waals surface area contributed by atoms with Gasteiger partial charge in [-0.1, -0.05) is 59.8 Å². The number of hydrogen-bond donors (Lipinski definition) is 0. The molecule has 0 unspecified atom stereocenters. The predicted octanol–water partition coefficient (Wildman–Crippen LogP) is 4.42. The van der Waals surface area contributed by atoms with E-state index in [4.69, 9.17) is 9.15 Å². The summed E-state index contributed by atoms with van der Waals surface area (Å²) in [5.41, 5.74) is 4.29. The molecule has 4 aromatic rings. The minimum atomic E-state index is 0.639. The first kappa shape index (κ1) is 20.8. The molecule has 0 spiro atoms. The van der Waals surface area contributed by atoms with Gasteiger partial charge in [0.1, 0.15) is 6.26 Å². The van der Waals surface area contributed by atoms with Gasteiger partial charge in [0.05, 0.1) is 25.5 Å². The summed E-state index contributed by atoms with van der Waals surface area (Å²) in [5, 5.41) is 9.91. The molecule has 32 heavy (non-hydrogen) atoms. The molecule has 0 radical (unpaired) electrons. The Labute approximate surface area is 191 Å². The Hall–Kier alpha value is -3.10. The number of anilines is 1. The van der Waals surface area contributed by atoms with E-state index >= 15 is 0 Å². The Balaban J connectivity index is 1.35. The summed E-state index contributed by atoms with van der Waals surface area (Å²) < 4.78 is 13.4. The van der Waals surface area contributed by atoms with Crippen molar-refractivity contribution in [2.24, 2.45) is 0 Å². The standard InChI is InChI=1S/C24H25N5O2S/c1-18-7-9-20(10-8-18)22-25-21(16-31-22)17-32-24-27-26-23(28-11-13-30-14-12-28)29(24)15-19-5-3-2-4-6-19/h2-10,16H,11-15,17H2,1H3. The van der Waals surface area contributed by atoms with Gasteiger partial charge in [0, 0.05) is 24.4 Å². The van der Waals surface area contributed by atoms with Crippen molar-refractivity contribution in [1.82, 2.24) is 19.7 Å². The van der Waals surface area contributed by atoms with Gasteiger partial charge in [-0.15, -0.1) is 10.2 Å². The molecule has 2 aromatic heterocycles. The molecule has 164 valence electrons. The van der Waals surface area contributed by atoms with Crippen molar-refractivity contribution in [3.05, 3.63) is 77.7 Å². The van der Waals surface area contributed by atoms with Gasteiger partial charge in [-0.3, -0.25) is 4.57 Å². The van der Waals surface area contributed by atoms with Crippen LogP contribution in [0, 0.1) is 6.92 Å². The van der Waals surface area contributed by atoms with E-state index in [0.717, 1.165) is 42.0 Å². The quantitative estimate of drug-likeness (QED) is 0.389. The number of aromatic nitrogens is 4. The van der Waals surface area contributed by atoms with Gasteiger partial charge >= 0.3 is 0 Å². The number of oxazole rings is 1. The summed E-state index contributed by atoms with van der Waals surface area (Å²) in [6, 6.07) is 18.6. The van der Waals surface area contributed by atoms with Crippen LogP contribution < -0.4 is 4.90 Å². The predicted molar refractivity (Wildman–Crippen MR) is 125 cm³/mol. The average Bonchev–Trinajstić information content (AvgIpc) is 3.47. The first-order valence-electron chi connectivity index (χ1n) is 10.7. The fourth-order valence-corrected chi connectivity index (χ4v) is 4.44. The van der Waals surface area contributed by atoms with Gasteiger partial charge in [0.15, 0.2) is 5.16 Å². The van der Waals surface area contributed by atoms with E-state index in [2.05, 4.69) is 68.0 Å². The fraction of sp³-hybridized carbons (Fsp3) is 0.292. The van der Waals surface area contributed by atoms with E-state index in [1.165, 1.54) is 11.1 Å². The Kier molecular flexibility index (Phi) is 6.22. The molecule has 0 aliphatic carbocycles. The molecule has 7 nitrogen and oxygen atoms in total. The van der Waals surface area contributed by atoms with Crippen molar-refractivity contribution in [2.75, 3.05) is 31.2 Å². The van der Waals surface area contributed by atoms with Crippen molar-refractivity contribution in [1.29, 1.82) is 0 Å². The number of ether oxygens (including phenoxy) is 1. The second-order valence-electron chi connectivity index (χ2n) is 7.75. The Morgan fingerprint density at radius 1 is 0.969 bits per heavy atom. The van der Waals surface area contributed by atoms with Crippen LogP contribution in [0.2, 0.25) is 0 Å². The van der Waals surface area contributed by atoms with Crippen LogP contribution in [0.25, 0.3) is 11.5 Å². The second-order valence-corrected chi connectivity index (χ2v) is 8.69. The maximum Gasteiger partial charge on any atom is 0.228 e. The molecule has 0 N–H and O–H groups in total. The molecule has 0 saturated carbocycles. The van der Waals surface area contributed by atoms with E-state index in [9.17, 15) is 0 Å². The zero-order valence-corrected chi connectivity index (χ0v) is 18.8. The van der Waals surface area contributed by atoms with Crippen LogP contribution in [0.1, 0.15) is 16.8 Å². The van der Waals surface area contributed by atoms with Gasteiger partial charge in [0.25, 0.3) is 0 Å². The number of aryl methyl sites for hydroxylation is 1. The first-order valence-corrected chi connectivity index (χ1v) is 11.7. The molecule has 0 atom stereocenters. The molecule has 8 heteroatoms. The molecule has 3 heterocycles. The van der Waals surface area contributed by atoms with Crippen LogP contribution in [-0.4, -0.2) is 46.1 Å². The third-order valence-electron chi connectivity index (χ3n) is 5.37. The highest BCUT2D eigenvalue weighted by atomic mass is 32.2. The van der Waals surface area contributed by atoms with Gasteiger partial charge < -0.3 is 14.1 Å². The molecule has 2 aromatic carbocycles. The van der Waals surface area contributed by atoms with Crippen molar-refractivity contribution in [3.8, 4) is 11.5 Å². The zero-order chi connectivity index (χ0) is 21.8. The van der Waals surface area contributed by atoms with Crippen LogP contribution in [0.5, 0.6) is 0 Å². The van der Waals surface area contributed by atoms with Crippen molar-refractivity contribution >= 4 is 17.7 Å². The van der Waals surface area contributed by atoms with E-state index in [1.54, 1.807) is 18.0 Å². The van der Waals surface area contributed by atoms with E-state index in [1.807, 2.05) is 18.2 Å². The maximum atomic E-state index is 5.72. The summed E-state index contributed by atoms with van der Waals surface area (Å²) in [6.07, 6.45) is 1.73. The minimum Gasteiger partial charge on any atom is -0.444 e. The topological polar surface area (TPSA) is 69.2 Å². The molecular formula is C24H25N5O2S. The van der Waals surface area contributed by atoms with Crippen LogP contribution in [0.3, 0.4) is 0 Å². The molecule has 1 saturated heterocycles. The Morgan fingerprint density at radius 3 is 2.53 bits per heavy atom. The molecule has 1 aliphatic heterocycles. The fourth-order valence-electron chi connectivity index (χ4n) is 3.63. The number of thioether (sulfide) groups is 1. The highest BCUT2D eigenvalue weighted by Gasteiger charge is 2.21. The van der Waals surface area contributed by atoms with Gasteiger partial charge in [-0.05, 0) is 24.6 Å². The summed E-state index contributed by atoms with van der Waals surface area (Å²) in [6.45, 7) is 5.85. The number of benzene rings is 2. The highest BCUT2D eigenvalue weighted by Crippen LogP contribution is 2.28. The number of hydrogen-bond acceptors (Lipinski definition) is 7. The lowest BCUT2D eigenvalue weighted by Crippen LogP contribution is -2.38. The van der Waals surface area contributed by atoms with E-state index in [0.29, 0.717) is 24.9 Å². The summed E-state index contributed by atoms with van der Waals surface area (Å²) in [5.74, 6) is 2.19. The Morgan fingerprint density at radius 2 is 1.75 bits per heavy atom. The maximum absolute atomic E-state index is 5.72. The van der Waals surface area contributed by atoms with Gasteiger partial charge in [-0.25, -0.2) is 4.98 Å². The van der Waals surface area contributed by atoms with Crippen LogP contribution in [0.4, 0.5) is 5.95 Å². The van der Waals surface area contributed by atoms with Crippen molar-refractivity contribution in [3.63, 3.8) is 0 Å². The second kappa shape index (κ2) is 9.58. The Bertz CT molecular complexity index is 1150. The highest BCUT2D eigenvalue weighted by molar-refractivity contribution is 7.98. The van der Waals surface area contributed by atoms with Gasteiger partial charge in [-0.2, -0.15) is 0 Å². The van der Waals surface area contributed by atoms with Gasteiger partial charge in [0.2, 0.25) is 11.8 Å².